The van der Waals surface area contributed by atoms with Crippen molar-refractivity contribution in [2.24, 2.45) is 11.8 Å². The van der Waals surface area contributed by atoms with Gasteiger partial charge in [-0.05, 0) is 48.9 Å². The molecular weight excluding hydrogens is 316 g/mol. The number of rotatable bonds is 3. The smallest absolute Gasteiger partial charge is 0.224 e. The van der Waals surface area contributed by atoms with Crippen molar-refractivity contribution >= 4 is 21.8 Å². The molecule has 0 aromatic heterocycles. The zero-order valence-electron chi connectivity index (χ0n) is 11.7. The van der Waals surface area contributed by atoms with Crippen molar-refractivity contribution in [1.82, 2.24) is 10.6 Å². The van der Waals surface area contributed by atoms with Crippen LogP contribution in [0.25, 0.3) is 0 Å². The van der Waals surface area contributed by atoms with E-state index in [-0.39, 0.29) is 11.8 Å². The number of carbonyl (C=O) groups is 1. The molecule has 1 saturated heterocycles. The van der Waals surface area contributed by atoms with Gasteiger partial charge >= 0.3 is 0 Å². The van der Waals surface area contributed by atoms with Gasteiger partial charge in [-0.3, -0.25) is 4.79 Å². The zero-order chi connectivity index (χ0) is 14.1. The number of nitrogens with one attached hydrogen (secondary N) is 2. The fourth-order valence-corrected chi connectivity index (χ4v) is 3.48. The Morgan fingerprint density at radius 3 is 3.05 bits per heavy atom. The fourth-order valence-electron chi connectivity index (χ4n) is 3.06. The maximum Gasteiger partial charge on any atom is 0.224 e. The molecule has 1 amide bonds. The maximum atomic E-state index is 12.3. The molecule has 1 aromatic rings. The van der Waals surface area contributed by atoms with Crippen molar-refractivity contribution in [1.29, 1.82) is 0 Å². The highest BCUT2D eigenvalue weighted by molar-refractivity contribution is 9.10. The zero-order valence-corrected chi connectivity index (χ0v) is 13.3. The molecule has 0 spiro atoms. The van der Waals surface area contributed by atoms with Crippen molar-refractivity contribution in [2.75, 3.05) is 13.1 Å². The van der Waals surface area contributed by atoms with Gasteiger partial charge in [0.2, 0.25) is 5.91 Å². The molecule has 1 aliphatic heterocycles. The highest BCUT2D eigenvalue weighted by atomic mass is 79.9. The normalized spacial score (nSPS) is 32.7. The standard InChI is InChI=1S/C16H21BrN2O/c1-10-5-6-18-9-15(10)19-16(20)14-8-13(14)11-3-2-4-12(17)7-11/h2-4,7,10,13-15,18H,5-6,8-9H2,1H3,(H,19,20). The number of hydrogen-bond acceptors (Lipinski definition) is 2. The number of benzene rings is 1. The van der Waals surface area contributed by atoms with E-state index in [2.05, 4.69) is 45.6 Å². The number of piperidine rings is 1. The van der Waals surface area contributed by atoms with Crippen LogP contribution >= 0.6 is 15.9 Å². The summed E-state index contributed by atoms with van der Waals surface area (Å²) in [5.41, 5.74) is 1.27. The molecule has 4 atom stereocenters. The highest BCUT2D eigenvalue weighted by Crippen LogP contribution is 2.48. The van der Waals surface area contributed by atoms with Crippen LogP contribution in [-0.2, 0) is 4.79 Å². The number of halogens is 1. The van der Waals surface area contributed by atoms with Crippen molar-refractivity contribution in [3.8, 4) is 0 Å². The van der Waals surface area contributed by atoms with E-state index in [1.807, 2.05) is 12.1 Å². The van der Waals surface area contributed by atoms with Crippen LogP contribution in [-0.4, -0.2) is 25.0 Å². The van der Waals surface area contributed by atoms with E-state index in [9.17, 15) is 4.79 Å². The minimum atomic E-state index is 0.165. The van der Waals surface area contributed by atoms with Crippen LogP contribution in [0.3, 0.4) is 0 Å². The van der Waals surface area contributed by atoms with Crippen LogP contribution in [0.5, 0.6) is 0 Å². The Hall–Kier alpha value is -0.870. The van der Waals surface area contributed by atoms with Crippen LogP contribution in [0.15, 0.2) is 28.7 Å². The predicted octanol–water partition coefficient (Wildman–Crippen LogP) is 2.67. The molecule has 1 aliphatic carbocycles. The van der Waals surface area contributed by atoms with E-state index in [1.54, 1.807) is 0 Å². The SMILES string of the molecule is CC1CCNCC1NC(=O)C1CC1c1cccc(Br)c1. The second kappa shape index (κ2) is 5.86. The molecule has 1 heterocycles. The van der Waals surface area contributed by atoms with Crippen molar-refractivity contribution in [2.45, 2.75) is 31.7 Å². The summed E-state index contributed by atoms with van der Waals surface area (Å²) in [5, 5.41) is 6.59. The summed E-state index contributed by atoms with van der Waals surface area (Å²) in [5.74, 6) is 1.37. The van der Waals surface area contributed by atoms with E-state index in [1.165, 1.54) is 5.56 Å². The molecule has 4 unspecified atom stereocenters. The first-order chi connectivity index (χ1) is 9.65. The van der Waals surface area contributed by atoms with Crippen molar-refractivity contribution in [3.63, 3.8) is 0 Å². The van der Waals surface area contributed by atoms with Gasteiger partial charge in [-0.2, -0.15) is 0 Å². The average molecular weight is 337 g/mol. The van der Waals surface area contributed by atoms with E-state index < -0.39 is 0 Å². The monoisotopic (exact) mass is 336 g/mol. The van der Waals surface area contributed by atoms with Gasteiger partial charge in [0.25, 0.3) is 0 Å². The summed E-state index contributed by atoms with van der Waals surface area (Å²) in [4.78, 5) is 12.3. The Morgan fingerprint density at radius 2 is 2.30 bits per heavy atom. The van der Waals surface area contributed by atoms with Crippen LogP contribution < -0.4 is 10.6 Å². The summed E-state index contributed by atoms with van der Waals surface area (Å²) in [7, 11) is 0. The molecule has 20 heavy (non-hydrogen) atoms. The largest absolute Gasteiger partial charge is 0.352 e. The van der Waals surface area contributed by atoms with Gasteiger partial charge in [-0.25, -0.2) is 0 Å². The number of amides is 1. The van der Waals surface area contributed by atoms with Gasteiger partial charge in [0.1, 0.15) is 0 Å². The quantitative estimate of drug-likeness (QED) is 0.890. The molecule has 2 N–H and O–H groups in total. The van der Waals surface area contributed by atoms with Crippen LogP contribution in [0.4, 0.5) is 0 Å². The third-order valence-electron chi connectivity index (χ3n) is 4.56. The van der Waals surface area contributed by atoms with Gasteiger partial charge in [-0.1, -0.05) is 35.0 Å². The Labute approximate surface area is 128 Å². The molecular formula is C16H21BrN2O. The average Bonchev–Trinajstić information content (AvgIpc) is 3.22. The lowest BCUT2D eigenvalue weighted by atomic mass is 9.94. The van der Waals surface area contributed by atoms with E-state index in [4.69, 9.17) is 0 Å². The minimum absolute atomic E-state index is 0.165. The molecule has 0 bridgehead atoms. The van der Waals surface area contributed by atoms with E-state index in [0.717, 1.165) is 30.4 Å². The first kappa shape index (κ1) is 14.1. The third kappa shape index (κ3) is 3.07. The third-order valence-corrected chi connectivity index (χ3v) is 5.05. The van der Waals surface area contributed by atoms with Crippen LogP contribution in [0.2, 0.25) is 0 Å². The maximum absolute atomic E-state index is 12.3. The number of carbonyl (C=O) groups excluding carboxylic acids is 1. The number of hydrogen-bond donors (Lipinski definition) is 2. The Bertz CT molecular complexity index is 505. The molecule has 2 aliphatic rings. The van der Waals surface area contributed by atoms with Gasteiger partial charge in [-0.15, -0.1) is 0 Å². The minimum Gasteiger partial charge on any atom is -0.352 e. The first-order valence-corrected chi connectivity index (χ1v) is 8.21. The molecule has 1 saturated carbocycles. The van der Waals surface area contributed by atoms with Gasteiger partial charge in [0, 0.05) is 23.0 Å². The van der Waals surface area contributed by atoms with Crippen molar-refractivity contribution in [3.05, 3.63) is 34.3 Å². The van der Waals surface area contributed by atoms with E-state index in [0.29, 0.717) is 17.9 Å². The predicted molar refractivity (Wildman–Crippen MR) is 83.6 cm³/mol. The van der Waals surface area contributed by atoms with Crippen LogP contribution in [0, 0.1) is 11.8 Å². The summed E-state index contributed by atoms with van der Waals surface area (Å²) in [6.45, 7) is 4.20. The lowest BCUT2D eigenvalue weighted by Crippen LogP contribution is -2.50. The summed E-state index contributed by atoms with van der Waals surface area (Å²) < 4.78 is 1.09. The van der Waals surface area contributed by atoms with Crippen molar-refractivity contribution < 1.29 is 4.79 Å². The van der Waals surface area contributed by atoms with Gasteiger partial charge < -0.3 is 10.6 Å². The van der Waals surface area contributed by atoms with Gasteiger partial charge in [0.05, 0.1) is 0 Å². The molecule has 0 radical (unpaired) electrons. The second-order valence-corrected chi connectivity index (χ2v) is 7.00. The molecule has 4 heteroatoms. The lowest BCUT2D eigenvalue weighted by molar-refractivity contribution is -0.123. The molecule has 2 fully saturated rings. The topological polar surface area (TPSA) is 41.1 Å². The van der Waals surface area contributed by atoms with Crippen LogP contribution in [0.1, 0.15) is 31.2 Å². The fraction of sp³-hybridized carbons (Fsp3) is 0.562. The van der Waals surface area contributed by atoms with Gasteiger partial charge in [0.15, 0.2) is 0 Å². The Morgan fingerprint density at radius 1 is 1.45 bits per heavy atom. The molecule has 3 rings (SSSR count). The first-order valence-electron chi connectivity index (χ1n) is 7.41. The highest BCUT2D eigenvalue weighted by Gasteiger charge is 2.44. The molecule has 3 nitrogen and oxygen atoms in total. The Kier molecular flexibility index (Phi) is 4.13. The lowest BCUT2D eigenvalue weighted by Gasteiger charge is -2.30. The summed E-state index contributed by atoms with van der Waals surface area (Å²) in [6.07, 6.45) is 2.13. The molecule has 1 aromatic carbocycles. The van der Waals surface area contributed by atoms with E-state index >= 15 is 0 Å². The summed E-state index contributed by atoms with van der Waals surface area (Å²) in [6, 6.07) is 8.60. The molecule has 108 valence electrons. The summed E-state index contributed by atoms with van der Waals surface area (Å²) >= 11 is 3.49. The Balaban J connectivity index is 1.57. The second-order valence-electron chi connectivity index (χ2n) is 6.09.